The molecule has 1 aliphatic carbocycles. The molecule has 2 aliphatic heterocycles. The molecule has 28 heavy (non-hydrogen) atoms. The Bertz CT molecular complexity index is 765. The zero-order chi connectivity index (χ0) is 18.9. The minimum atomic E-state index is 0.245. The Labute approximate surface area is 177 Å². The molecule has 0 spiro atoms. The second-order valence-electron chi connectivity index (χ2n) is 8.46. The van der Waals surface area contributed by atoms with E-state index < -0.39 is 0 Å². The summed E-state index contributed by atoms with van der Waals surface area (Å²) in [6.07, 6.45) is 12.6. The van der Waals surface area contributed by atoms with Crippen molar-refractivity contribution >= 4 is 23.5 Å². The van der Waals surface area contributed by atoms with E-state index in [1.807, 2.05) is 0 Å². The van der Waals surface area contributed by atoms with Gasteiger partial charge in [-0.3, -0.25) is 0 Å². The molecule has 2 aromatic rings. The monoisotopic (exact) mass is 404 g/mol. The van der Waals surface area contributed by atoms with Crippen molar-refractivity contribution in [3.63, 3.8) is 0 Å². The van der Waals surface area contributed by atoms with Crippen LogP contribution < -0.4 is 0 Å². The van der Waals surface area contributed by atoms with Crippen molar-refractivity contribution in [2.24, 2.45) is 11.8 Å². The molecule has 1 saturated carbocycles. The van der Waals surface area contributed by atoms with Crippen LogP contribution in [0.5, 0.6) is 0 Å². The third-order valence-corrected chi connectivity index (χ3v) is 10.1. The summed E-state index contributed by atoms with van der Waals surface area (Å²) in [5, 5.41) is 4.71. The lowest BCUT2D eigenvalue weighted by molar-refractivity contribution is 0.182. The first-order valence-electron chi connectivity index (χ1n) is 10.6. The first-order valence-corrected chi connectivity index (χ1v) is 12.4. The number of hydrogen-bond acceptors (Lipinski definition) is 2. The van der Waals surface area contributed by atoms with Gasteiger partial charge < -0.3 is 0 Å². The highest BCUT2D eigenvalue weighted by molar-refractivity contribution is 8.03. The quantitative estimate of drug-likeness (QED) is 0.508. The van der Waals surface area contributed by atoms with Crippen LogP contribution in [0, 0.1) is 11.8 Å². The molecule has 0 N–H and O–H groups in total. The Hall–Kier alpha value is -1.38. The molecule has 2 heteroatoms. The van der Waals surface area contributed by atoms with Crippen molar-refractivity contribution in [3.05, 3.63) is 94.8 Å². The lowest BCUT2D eigenvalue weighted by atomic mass is 9.66. The van der Waals surface area contributed by atoms with Gasteiger partial charge in [-0.2, -0.15) is 0 Å². The van der Waals surface area contributed by atoms with Crippen molar-refractivity contribution in [2.75, 3.05) is 0 Å². The average Bonchev–Trinajstić information content (AvgIpc) is 3.47. The van der Waals surface area contributed by atoms with Crippen LogP contribution in [-0.4, -0.2) is 0 Å². The van der Waals surface area contributed by atoms with Crippen LogP contribution in [0.15, 0.2) is 83.6 Å². The second kappa shape index (κ2) is 7.80. The molecule has 2 aromatic carbocycles. The Morgan fingerprint density at radius 1 is 0.643 bits per heavy atom. The molecule has 0 aromatic heterocycles. The van der Waals surface area contributed by atoms with Crippen LogP contribution in [0.2, 0.25) is 0 Å². The van der Waals surface area contributed by atoms with Crippen molar-refractivity contribution < 1.29 is 0 Å². The number of hydrogen-bond donors (Lipinski definition) is 0. The summed E-state index contributed by atoms with van der Waals surface area (Å²) < 4.78 is 0.489. The summed E-state index contributed by atoms with van der Waals surface area (Å²) in [6, 6.07) is 22.6. The molecule has 0 nitrogen and oxygen atoms in total. The normalized spacial score (nSPS) is 34.7. The molecule has 3 aliphatic rings. The van der Waals surface area contributed by atoms with Crippen LogP contribution in [0.4, 0.5) is 0 Å². The molecule has 4 atom stereocenters. The molecule has 4 unspecified atom stereocenters. The van der Waals surface area contributed by atoms with E-state index in [0.29, 0.717) is 0 Å². The first kappa shape index (κ1) is 18.6. The van der Waals surface area contributed by atoms with Gasteiger partial charge in [0, 0.05) is 0 Å². The average molecular weight is 405 g/mol. The number of allylic oxidation sites excluding steroid dienone is 2. The Morgan fingerprint density at radius 2 is 1.11 bits per heavy atom. The number of thioether (sulfide) groups is 2. The van der Waals surface area contributed by atoms with E-state index in [9.17, 15) is 0 Å². The van der Waals surface area contributed by atoms with Crippen LogP contribution in [0.25, 0.3) is 0 Å². The minimum Gasteiger partial charge on any atom is -0.122 e. The van der Waals surface area contributed by atoms with Crippen LogP contribution in [0.3, 0.4) is 0 Å². The Kier molecular flexibility index (Phi) is 5.19. The zero-order valence-corrected chi connectivity index (χ0v) is 17.9. The fourth-order valence-corrected chi connectivity index (χ4v) is 8.34. The van der Waals surface area contributed by atoms with Gasteiger partial charge in [0.15, 0.2) is 0 Å². The fraction of sp³-hybridized carbons (Fsp3) is 0.385. The largest absolute Gasteiger partial charge is 0.122 e. The highest BCUT2D eigenvalue weighted by atomic mass is 32.2. The minimum absolute atomic E-state index is 0.245. The Balaban J connectivity index is 1.47. The number of benzene rings is 2. The molecule has 144 valence electrons. The predicted molar refractivity (Wildman–Crippen MR) is 124 cm³/mol. The summed E-state index contributed by atoms with van der Waals surface area (Å²) in [7, 11) is 0. The Morgan fingerprint density at radius 3 is 1.50 bits per heavy atom. The van der Waals surface area contributed by atoms with Crippen molar-refractivity contribution in [1.29, 1.82) is 0 Å². The van der Waals surface area contributed by atoms with Gasteiger partial charge in [-0.15, -0.1) is 23.5 Å². The molecule has 0 radical (unpaired) electrons. The van der Waals surface area contributed by atoms with Gasteiger partial charge in [-0.1, -0.05) is 79.2 Å². The molecular weight excluding hydrogens is 376 g/mol. The van der Waals surface area contributed by atoms with E-state index in [4.69, 9.17) is 0 Å². The van der Waals surface area contributed by atoms with E-state index in [2.05, 4.69) is 107 Å². The third-order valence-electron chi connectivity index (χ3n) is 7.11. The van der Waals surface area contributed by atoms with E-state index in [1.165, 1.54) is 49.7 Å². The van der Waals surface area contributed by atoms with Crippen molar-refractivity contribution in [1.82, 2.24) is 0 Å². The highest BCUT2D eigenvalue weighted by Gasteiger charge is 2.49. The first-order chi connectivity index (χ1) is 13.8. The lowest BCUT2D eigenvalue weighted by Crippen LogP contribution is -2.39. The van der Waals surface area contributed by atoms with Gasteiger partial charge in [0.1, 0.15) is 0 Å². The molecule has 0 saturated heterocycles. The van der Waals surface area contributed by atoms with E-state index >= 15 is 0 Å². The predicted octanol–water partition coefficient (Wildman–Crippen LogP) is 7.89. The van der Waals surface area contributed by atoms with Gasteiger partial charge in [0.2, 0.25) is 0 Å². The van der Waals surface area contributed by atoms with E-state index in [1.54, 1.807) is 0 Å². The molecule has 1 fully saturated rings. The van der Waals surface area contributed by atoms with Gasteiger partial charge in [0.05, 0.1) is 9.49 Å². The summed E-state index contributed by atoms with van der Waals surface area (Å²) in [6.45, 7) is 0. The van der Waals surface area contributed by atoms with Crippen molar-refractivity contribution in [3.8, 4) is 0 Å². The molecule has 2 heterocycles. The highest BCUT2D eigenvalue weighted by Crippen LogP contribution is 2.60. The van der Waals surface area contributed by atoms with Crippen LogP contribution in [0.1, 0.15) is 49.7 Å². The van der Waals surface area contributed by atoms with E-state index in [-0.39, 0.29) is 9.49 Å². The zero-order valence-electron chi connectivity index (χ0n) is 16.3. The smallest absolute Gasteiger partial charge is 0.0512 e. The molecule has 0 bridgehead atoms. The molecule has 0 amide bonds. The summed E-state index contributed by atoms with van der Waals surface area (Å²) >= 11 is 4.17. The fourth-order valence-electron chi connectivity index (χ4n) is 5.73. The maximum Gasteiger partial charge on any atom is 0.0512 e. The standard InChI is InChI=1S/C26H28S2/c1-3-10-21(11-4-1)25(16-8-18-27-25)23-14-7-15-24(20-23)26(17-9-19-28-26)22-12-5-2-6-13-22/h1-6,8-13,18-19,23-24H,7,14-17,20H2. The van der Waals surface area contributed by atoms with Gasteiger partial charge >= 0.3 is 0 Å². The van der Waals surface area contributed by atoms with Gasteiger partial charge in [0.25, 0.3) is 0 Å². The molecule has 5 rings (SSSR count). The third kappa shape index (κ3) is 3.09. The van der Waals surface area contributed by atoms with Crippen molar-refractivity contribution in [2.45, 2.75) is 48.0 Å². The van der Waals surface area contributed by atoms with Gasteiger partial charge in [-0.25, -0.2) is 0 Å². The number of rotatable bonds is 4. The summed E-state index contributed by atoms with van der Waals surface area (Å²) in [5.74, 6) is 1.49. The van der Waals surface area contributed by atoms with Crippen LogP contribution >= 0.6 is 23.5 Å². The summed E-state index contributed by atoms with van der Waals surface area (Å²) in [4.78, 5) is 0. The lowest BCUT2D eigenvalue weighted by Gasteiger charge is -2.47. The molecular formula is C26H28S2. The van der Waals surface area contributed by atoms with Crippen LogP contribution in [-0.2, 0) is 9.49 Å². The maximum absolute atomic E-state index is 2.40. The second-order valence-corrected chi connectivity index (χ2v) is 10.9. The topological polar surface area (TPSA) is 0 Å². The SMILES string of the molecule is C1=CSC(c2ccccc2)(C2CCCC(C3(c4ccccc4)CC=CS3)C2)C1. The maximum atomic E-state index is 2.40. The summed E-state index contributed by atoms with van der Waals surface area (Å²) in [5.41, 5.74) is 3.06. The van der Waals surface area contributed by atoms with E-state index in [0.717, 1.165) is 11.8 Å². The van der Waals surface area contributed by atoms with Gasteiger partial charge in [-0.05, 0) is 65.9 Å².